The molecule has 9 heteroatoms. The van der Waals surface area contributed by atoms with Crippen LogP contribution in [0.2, 0.25) is 0 Å². The minimum atomic E-state index is -4.32. The van der Waals surface area contributed by atoms with E-state index in [0.29, 0.717) is 17.4 Å². The lowest BCUT2D eigenvalue weighted by Crippen LogP contribution is -2.45. The van der Waals surface area contributed by atoms with Crippen LogP contribution in [0.15, 0.2) is 48.6 Å². The average Bonchev–Trinajstić information content (AvgIpc) is 3.06. The van der Waals surface area contributed by atoms with Gasteiger partial charge in [-0.05, 0) is 57.8 Å². The molecule has 0 saturated carbocycles. The van der Waals surface area contributed by atoms with E-state index in [4.69, 9.17) is 9.05 Å². The number of hydrogen-bond donors (Lipinski definition) is 3. The van der Waals surface area contributed by atoms with Crippen LogP contribution in [0.25, 0.3) is 0 Å². The van der Waals surface area contributed by atoms with E-state index in [0.717, 1.165) is 64.2 Å². The Labute approximate surface area is 308 Å². The molecule has 0 aliphatic rings. The third-order valence-electron chi connectivity index (χ3n) is 8.54. The van der Waals surface area contributed by atoms with Crippen LogP contribution in [-0.2, 0) is 18.4 Å². The van der Waals surface area contributed by atoms with Crippen LogP contribution in [0.4, 0.5) is 0 Å². The molecule has 3 N–H and O–H groups in total. The molecule has 0 heterocycles. The van der Waals surface area contributed by atoms with E-state index in [1.165, 1.54) is 70.6 Å². The highest BCUT2D eigenvalue weighted by molar-refractivity contribution is 7.47. The number of aliphatic hydroxyl groups excluding tert-OH is 1. The number of amides is 1. The number of unbranched alkanes of at least 4 members (excludes halogenated alkanes) is 16. The predicted molar refractivity (Wildman–Crippen MR) is 212 cm³/mol. The molecule has 0 fully saturated rings. The van der Waals surface area contributed by atoms with Gasteiger partial charge in [-0.15, -0.1) is 0 Å². The molecule has 1 amide bonds. The second kappa shape index (κ2) is 33.3. The summed E-state index contributed by atoms with van der Waals surface area (Å²) in [5, 5.41) is 13.6. The fourth-order valence-corrected chi connectivity index (χ4v) is 6.02. The maximum Gasteiger partial charge on any atom is 0.472 e. The zero-order valence-electron chi connectivity index (χ0n) is 32.9. The number of nitrogens with one attached hydrogen (secondary N) is 1. The van der Waals surface area contributed by atoms with Gasteiger partial charge in [-0.25, -0.2) is 4.57 Å². The monoisotopic (exact) mass is 726 g/mol. The third kappa shape index (κ3) is 34.9. The van der Waals surface area contributed by atoms with Crippen molar-refractivity contribution < 1.29 is 32.9 Å². The maximum absolute atomic E-state index is 12.7. The van der Waals surface area contributed by atoms with Crippen molar-refractivity contribution in [2.24, 2.45) is 0 Å². The minimum Gasteiger partial charge on any atom is -0.387 e. The van der Waals surface area contributed by atoms with Crippen molar-refractivity contribution in [3.8, 4) is 0 Å². The normalized spacial score (nSPS) is 15.1. The van der Waals surface area contributed by atoms with Gasteiger partial charge in [0.05, 0.1) is 39.9 Å². The van der Waals surface area contributed by atoms with Crippen molar-refractivity contribution in [3.05, 3.63) is 48.6 Å². The second-order valence-electron chi connectivity index (χ2n) is 14.7. The van der Waals surface area contributed by atoms with E-state index in [1.807, 2.05) is 27.2 Å². The molecule has 3 atom stereocenters. The molecule has 0 aromatic heterocycles. The van der Waals surface area contributed by atoms with Gasteiger partial charge < -0.3 is 19.8 Å². The molecule has 0 aliphatic heterocycles. The highest BCUT2D eigenvalue weighted by Gasteiger charge is 2.27. The van der Waals surface area contributed by atoms with Crippen LogP contribution in [0.1, 0.15) is 155 Å². The van der Waals surface area contributed by atoms with E-state index in [9.17, 15) is 19.4 Å². The number of rotatable bonds is 35. The molecule has 0 aliphatic carbocycles. The van der Waals surface area contributed by atoms with Crippen molar-refractivity contribution in [1.29, 1.82) is 0 Å². The van der Waals surface area contributed by atoms with Crippen LogP contribution in [0.5, 0.6) is 0 Å². The van der Waals surface area contributed by atoms with Gasteiger partial charge in [0.15, 0.2) is 0 Å². The Balaban J connectivity index is 4.16. The smallest absolute Gasteiger partial charge is 0.387 e. The van der Waals surface area contributed by atoms with Gasteiger partial charge in [0.2, 0.25) is 5.91 Å². The van der Waals surface area contributed by atoms with Crippen molar-refractivity contribution in [2.75, 3.05) is 40.9 Å². The minimum absolute atomic E-state index is 0.0571. The Morgan fingerprint density at radius 3 is 1.70 bits per heavy atom. The number of aliphatic hydroxyl groups is 1. The molecule has 50 heavy (non-hydrogen) atoms. The van der Waals surface area contributed by atoms with Crippen molar-refractivity contribution >= 4 is 13.7 Å². The molecule has 0 spiro atoms. The van der Waals surface area contributed by atoms with Gasteiger partial charge >= 0.3 is 7.82 Å². The highest BCUT2D eigenvalue weighted by Crippen LogP contribution is 2.43. The van der Waals surface area contributed by atoms with E-state index in [2.05, 4.69) is 55.6 Å². The molecule has 0 radical (unpaired) electrons. The summed E-state index contributed by atoms with van der Waals surface area (Å²) in [6.07, 6.45) is 40.8. The number of phosphoric ester groups is 1. The van der Waals surface area contributed by atoms with Crippen molar-refractivity contribution in [1.82, 2.24) is 5.32 Å². The summed E-state index contributed by atoms with van der Waals surface area (Å²) < 4.78 is 23.3. The van der Waals surface area contributed by atoms with Crippen molar-refractivity contribution in [3.63, 3.8) is 0 Å². The van der Waals surface area contributed by atoms with Crippen molar-refractivity contribution in [2.45, 2.75) is 167 Å². The van der Waals surface area contributed by atoms with Gasteiger partial charge in [0, 0.05) is 6.42 Å². The summed E-state index contributed by atoms with van der Waals surface area (Å²) in [6.45, 7) is 4.66. The van der Waals surface area contributed by atoms with E-state index in [1.54, 1.807) is 6.08 Å². The first kappa shape index (κ1) is 48.5. The van der Waals surface area contributed by atoms with E-state index >= 15 is 0 Å². The molecule has 0 rings (SSSR count). The van der Waals surface area contributed by atoms with Crippen LogP contribution in [0.3, 0.4) is 0 Å². The summed E-state index contributed by atoms with van der Waals surface area (Å²) in [5.74, 6) is -0.195. The lowest BCUT2D eigenvalue weighted by Gasteiger charge is -2.25. The number of likely N-dealkylation sites (N-methyl/N-ethyl adjacent to an activating group) is 1. The zero-order valence-corrected chi connectivity index (χ0v) is 33.8. The highest BCUT2D eigenvalue weighted by atomic mass is 31.2. The summed E-state index contributed by atoms with van der Waals surface area (Å²) in [7, 11) is 1.55. The number of allylic oxidation sites excluding steroid dienone is 7. The number of carbonyl (C=O) groups excluding carboxylic acids is 1. The van der Waals surface area contributed by atoms with Crippen LogP contribution in [-0.4, -0.2) is 73.4 Å². The lowest BCUT2D eigenvalue weighted by atomic mass is 10.1. The molecular weight excluding hydrogens is 647 g/mol. The largest absolute Gasteiger partial charge is 0.472 e. The Hall–Kier alpha value is -1.54. The Kier molecular flexibility index (Phi) is 32.3. The molecule has 0 aromatic rings. The van der Waals surface area contributed by atoms with Crippen LogP contribution >= 0.6 is 7.82 Å². The Morgan fingerprint density at radius 1 is 0.680 bits per heavy atom. The summed E-state index contributed by atoms with van der Waals surface area (Å²) in [6, 6.07) is -0.847. The molecule has 3 unspecified atom stereocenters. The Morgan fingerprint density at radius 2 is 1.14 bits per heavy atom. The van der Waals surface area contributed by atoms with E-state index < -0.39 is 20.0 Å². The topological polar surface area (TPSA) is 105 Å². The van der Waals surface area contributed by atoms with Gasteiger partial charge in [0.25, 0.3) is 0 Å². The van der Waals surface area contributed by atoms with Gasteiger partial charge in [-0.3, -0.25) is 13.8 Å². The molecule has 8 nitrogen and oxygen atoms in total. The SMILES string of the molecule is CCCCC/C=C/C(O)C(COP(=O)(O)OCC[N+](C)(C)C)NC(=O)CCCCCCCCCC/C=C\C/C=C\C/C=C\CCCCCCC. The fourth-order valence-electron chi connectivity index (χ4n) is 5.28. The average molecular weight is 726 g/mol. The quantitative estimate of drug-likeness (QED) is 0.0260. The van der Waals surface area contributed by atoms with Crippen LogP contribution < -0.4 is 5.32 Å². The van der Waals surface area contributed by atoms with E-state index in [-0.39, 0.29) is 19.1 Å². The number of carbonyl (C=O) groups is 1. The maximum atomic E-state index is 12.7. The van der Waals surface area contributed by atoms with Gasteiger partial charge in [0.1, 0.15) is 13.2 Å². The number of phosphoric acid groups is 1. The second-order valence-corrected chi connectivity index (χ2v) is 16.1. The first-order valence-electron chi connectivity index (χ1n) is 20.0. The first-order chi connectivity index (χ1) is 24.0. The molecule has 0 saturated heterocycles. The molecule has 292 valence electrons. The summed E-state index contributed by atoms with van der Waals surface area (Å²) >= 11 is 0. The van der Waals surface area contributed by atoms with Gasteiger partial charge in [-0.1, -0.05) is 140 Å². The number of hydrogen-bond acceptors (Lipinski definition) is 5. The van der Waals surface area contributed by atoms with Crippen LogP contribution in [0, 0.1) is 0 Å². The Bertz CT molecular complexity index is 959. The first-order valence-corrected chi connectivity index (χ1v) is 21.5. The summed E-state index contributed by atoms with van der Waals surface area (Å²) in [5.41, 5.74) is 0. The zero-order chi connectivity index (χ0) is 37.2. The number of quaternary nitrogens is 1. The molecular formula is C41H78N2O6P+. The molecule has 0 bridgehead atoms. The van der Waals surface area contributed by atoms with Gasteiger partial charge in [-0.2, -0.15) is 0 Å². The standard InChI is InChI=1S/C41H77N2O6P/c1-6-8-10-12-13-14-15-16-17-18-19-20-21-22-23-24-25-26-27-28-29-31-33-35-41(45)42-39(40(44)34-32-30-11-9-7-2)38-49-50(46,47)48-37-36-43(3,4)5/h15-16,18-19,21-22,32,34,39-40,44H,6-14,17,20,23-31,33,35-38H2,1-5H3,(H-,42,45,46,47)/p+1/b16-15-,19-18-,22-21-,34-32+. The fraction of sp³-hybridized carbons (Fsp3) is 0.780. The predicted octanol–water partition coefficient (Wildman–Crippen LogP) is 10.5. The molecule has 0 aromatic carbocycles. The summed E-state index contributed by atoms with van der Waals surface area (Å²) in [4.78, 5) is 22.9. The number of nitrogens with zero attached hydrogens (tertiary/aromatic N) is 1. The lowest BCUT2D eigenvalue weighted by molar-refractivity contribution is -0.870. The third-order valence-corrected chi connectivity index (χ3v) is 9.53.